The van der Waals surface area contributed by atoms with Crippen LogP contribution in [0.5, 0.6) is 0 Å². The Balaban J connectivity index is 2.19. The molecular weight excluding hydrogens is 229 g/mol. The molecule has 0 bridgehead atoms. The number of carboxylic acids is 1. The molecule has 1 aliphatic rings. The highest BCUT2D eigenvalue weighted by Gasteiger charge is 2.36. The number of benzene rings is 1. The summed E-state index contributed by atoms with van der Waals surface area (Å²) in [5.74, 6) is -1.19. The van der Waals surface area contributed by atoms with Crippen molar-refractivity contribution in [3.8, 4) is 0 Å². The predicted octanol–water partition coefficient (Wildman–Crippen LogP) is 1.29. The van der Waals surface area contributed by atoms with Gasteiger partial charge in [0.25, 0.3) is 0 Å². The van der Waals surface area contributed by atoms with Crippen molar-refractivity contribution in [3.63, 3.8) is 0 Å². The highest BCUT2D eigenvalue weighted by Crippen LogP contribution is 2.33. The van der Waals surface area contributed by atoms with Gasteiger partial charge in [-0.15, -0.1) is 0 Å². The molecule has 1 aromatic rings. The van der Waals surface area contributed by atoms with E-state index in [0.717, 1.165) is 18.5 Å². The fourth-order valence-electron chi connectivity index (χ4n) is 2.67. The lowest BCUT2D eigenvalue weighted by Crippen LogP contribution is -2.48. The van der Waals surface area contributed by atoms with Crippen molar-refractivity contribution < 1.29 is 14.9 Å². The second-order valence-corrected chi connectivity index (χ2v) is 4.88. The van der Waals surface area contributed by atoms with Crippen molar-refractivity contribution >= 4 is 13.0 Å². The summed E-state index contributed by atoms with van der Waals surface area (Å²) in [5, 5.41) is 18.9. The normalized spacial score (nSPS) is 24.8. The average molecular weight is 247 g/mol. The number of aliphatic carboxylic acids is 1. The standard InChI is InChI=1S/C13H18BNO3/c1-14(18)15-8-7-11(12(9-15)13(16)17)10-5-3-2-4-6-10/h2-6,11-12,18H,7-9H2,1H3,(H,16,17)/t11-,12-/m1/s1. The van der Waals surface area contributed by atoms with Gasteiger partial charge in [-0.25, -0.2) is 0 Å². The molecule has 4 nitrogen and oxygen atoms in total. The lowest BCUT2D eigenvalue weighted by Gasteiger charge is -2.37. The Morgan fingerprint density at radius 3 is 2.61 bits per heavy atom. The number of nitrogens with zero attached hydrogens (tertiary/aromatic N) is 1. The van der Waals surface area contributed by atoms with Crippen molar-refractivity contribution in [2.45, 2.75) is 19.2 Å². The van der Waals surface area contributed by atoms with Gasteiger partial charge in [0.2, 0.25) is 0 Å². The molecule has 18 heavy (non-hydrogen) atoms. The van der Waals surface area contributed by atoms with E-state index >= 15 is 0 Å². The number of hydrogen-bond donors (Lipinski definition) is 2. The molecule has 1 heterocycles. The minimum absolute atomic E-state index is 0.0405. The van der Waals surface area contributed by atoms with Crippen LogP contribution in [-0.2, 0) is 4.79 Å². The third-order valence-corrected chi connectivity index (χ3v) is 3.72. The topological polar surface area (TPSA) is 60.8 Å². The van der Waals surface area contributed by atoms with Gasteiger partial charge in [-0.2, -0.15) is 0 Å². The summed E-state index contributed by atoms with van der Waals surface area (Å²) in [6, 6.07) is 9.78. The van der Waals surface area contributed by atoms with Crippen molar-refractivity contribution in [2.75, 3.05) is 13.1 Å². The Kier molecular flexibility index (Phi) is 4.04. The van der Waals surface area contributed by atoms with Crippen LogP contribution in [0.3, 0.4) is 0 Å². The maximum absolute atomic E-state index is 11.4. The monoisotopic (exact) mass is 247 g/mol. The summed E-state index contributed by atoms with van der Waals surface area (Å²) in [4.78, 5) is 13.2. The van der Waals surface area contributed by atoms with E-state index in [1.807, 2.05) is 35.1 Å². The molecule has 0 aromatic heterocycles. The summed E-state index contributed by atoms with van der Waals surface area (Å²) in [5.41, 5.74) is 1.08. The second kappa shape index (κ2) is 5.54. The van der Waals surface area contributed by atoms with Crippen molar-refractivity contribution in [1.82, 2.24) is 4.81 Å². The Bertz CT molecular complexity index is 410. The molecular formula is C13H18BNO3. The Labute approximate surface area is 107 Å². The minimum Gasteiger partial charge on any atom is -0.481 e. The fraction of sp³-hybridized carbons (Fsp3) is 0.462. The van der Waals surface area contributed by atoms with Gasteiger partial charge >= 0.3 is 13.0 Å². The van der Waals surface area contributed by atoms with Gasteiger partial charge in [0.15, 0.2) is 0 Å². The molecule has 1 fully saturated rings. The summed E-state index contributed by atoms with van der Waals surface area (Å²) < 4.78 is 0. The summed E-state index contributed by atoms with van der Waals surface area (Å²) >= 11 is 0. The van der Waals surface area contributed by atoms with Crippen LogP contribution in [0, 0.1) is 5.92 Å². The van der Waals surface area contributed by atoms with Crippen LogP contribution < -0.4 is 0 Å². The summed E-state index contributed by atoms with van der Waals surface area (Å²) in [7, 11) is -0.580. The molecule has 2 N–H and O–H groups in total. The number of piperidine rings is 1. The largest absolute Gasteiger partial charge is 0.481 e. The molecule has 1 saturated heterocycles. The molecule has 0 amide bonds. The SMILES string of the molecule is CB(O)N1CC[C@H](c2ccccc2)[C@H](C(=O)O)C1. The smallest absolute Gasteiger partial charge is 0.376 e. The molecule has 1 aliphatic heterocycles. The molecule has 2 atom stereocenters. The van der Waals surface area contributed by atoms with E-state index in [2.05, 4.69) is 0 Å². The van der Waals surface area contributed by atoms with E-state index in [-0.39, 0.29) is 5.92 Å². The van der Waals surface area contributed by atoms with Crippen LogP contribution >= 0.6 is 0 Å². The zero-order valence-electron chi connectivity index (χ0n) is 10.5. The van der Waals surface area contributed by atoms with Gasteiger partial charge in [0, 0.05) is 6.54 Å². The zero-order chi connectivity index (χ0) is 13.1. The molecule has 0 saturated carbocycles. The van der Waals surface area contributed by atoms with E-state index < -0.39 is 18.9 Å². The van der Waals surface area contributed by atoms with Crippen LogP contribution in [0.2, 0.25) is 6.82 Å². The maximum Gasteiger partial charge on any atom is 0.376 e. The lowest BCUT2D eigenvalue weighted by atomic mass is 9.74. The molecule has 1 aromatic carbocycles. The third kappa shape index (κ3) is 2.74. The Morgan fingerprint density at radius 2 is 2.06 bits per heavy atom. The van der Waals surface area contributed by atoms with Gasteiger partial charge in [0.05, 0.1) is 5.92 Å². The minimum atomic E-state index is -0.783. The van der Waals surface area contributed by atoms with E-state index in [1.54, 1.807) is 6.82 Å². The van der Waals surface area contributed by atoms with E-state index in [4.69, 9.17) is 0 Å². The van der Waals surface area contributed by atoms with Gasteiger partial charge < -0.3 is 14.9 Å². The quantitative estimate of drug-likeness (QED) is 0.790. The summed E-state index contributed by atoms with van der Waals surface area (Å²) in [6.07, 6.45) is 0.770. The van der Waals surface area contributed by atoms with Crippen LogP contribution in [0.4, 0.5) is 0 Å². The van der Waals surface area contributed by atoms with E-state index in [9.17, 15) is 14.9 Å². The van der Waals surface area contributed by atoms with Gasteiger partial charge in [0.1, 0.15) is 0 Å². The Morgan fingerprint density at radius 1 is 1.39 bits per heavy atom. The number of hydrogen-bond acceptors (Lipinski definition) is 3. The summed E-state index contributed by atoms with van der Waals surface area (Å²) in [6.45, 7) is 2.83. The lowest BCUT2D eigenvalue weighted by molar-refractivity contribution is -0.143. The average Bonchev–Trinajstić information content (AvgIpc) is 2.39. The molecule has 5 heteroatoms. The van der Waals surface area contributed by atoms with Gasteiger partial charge in [-0.05, 0) is 31.3 Å². The number of carbonyl (C=O) groups is 1. The first kappa shape index (κ1) is 13.1. The highest BCUT2D eigenvalue weighted by atomic mass is 16.4. The second-order valence-electron chi connectivity index (χ2n) is 4.88. The molecule has 0 radical (unpaired) electrons. The number of rotatable bonds is 3. The molecule has 0 unspecified atom stereocenters. The van der Waals surface area contributed by atoms with Crippen molar-refractivity contribution in [2.24, 2.45) is 5.92 Å². The number of carboxylic acid groups (broad SMARTS) is 1. The Hall–Kier alpha value is -1.33. The molecule has 0 aliphatic carbocycles. The first-order valence-electron chi connectivity index (χ1n) is 6.29. The first-order chi connectivity index (χ1) is 8.59. The third-order valence-electron chi connectivity index (χ3n) is 3.72. The van der Waals surface area contributed by atoms with Crippen LogP contribution in [0.1, 0.15) is 17.9 Å². The molecule has 0 spiro atoms. The van der Waals surface area contributed by atoms with Crippen molar-refractivity contribution in [3.05, 3.63) is 35.9 Å². The predicted molar refractivity (Wildman–Crippen MR) is 70.3 cm³/mol. The van der Waals surface area contributed by atoms with Crippen molar-refractivity contribution in [1.29, 1.82) is 0 Å². The van der Waals surface area contributed by atoms with Gasteiger partial charge in [-0.1, -0.05) is 30.3 Å². The first-order valence-corrected chi connectivity index (χ1v) is 6.29. The van der Waals surface area contributed by atoms with Crippen LogP contribution in [0.25, 0.3) is 0 Å². The highest BCUT2D eigenvalue weighted by molar-refractivity contribution is 6.45. The fourth-order valence-corrected chi connectivity index (χ4v) is 2.67. The van der Waals surface area contributed by atoms with E-state index in [0.29, 0.717) is 6.54 Å². The van der Waals surface area contributed by atoms with Crippen LogP contribution in [-0.4, -0.2) is 41.1 Å². The molecule has 2 rings (SSSR count). The van der Waals surface area contributed by atoms with E-state index in [1.165, 1.54) is 0 Å². The molecule has 96 valence electrons. The maximum atomic E-state index is 11.4. The van der Waals surface area contributed by atoms with Gasteiger partial charge in [-0.3, -0.25) is 4.79 Å². The zero-order valence-corrected chi connectivity index (χ0v) is 10.5. The van der Waals surface area contributed by atoms with Crippen LogP contribution in [0.15, 0.2) is 30.3 Å².